The lowest BCUT2D eigenvalue weighted by Gasteiger charge is -2.10. The molecule has 0 unspecified atom stereocenters. The molecule has 1 aromatic heterocycles. The molecule has 0 radical (unpaired) electrons. The van der Waals surface area contributed by atoms with Crippen LogP contribution in [0, 0.1) is 6.92 Å². The van der Waals surface area contributed by atoms with Gasteiger partial charge in [0, 0.05) is 17.3 Å². The second-order valence-electron chi connectivity index (χ2n) is 4.36. The number of aryl methyl sites for hydroxylation is 1. The van der Waals surface area contributed by atoms with Crippen LogP contribution in [0.4, 0.5) is 0 Å². The molecule has 0 aromatic carbocycles. The fourth-order valence-corrected chi connectivity index (χ4v) is 2.32. The molecule has 1 fully saturated rings. The quantitative estimate of drug-likeness (QED) is 0.821. The zero-order valence-electron chi connectivity index (χ0n) is 9.58. The minimum atomic E-state index is 0.683. The zero-order chi connectivity index (χ0) is 10.7. The monoisotopic (exact) mass is 205 g/mol. The zero-order valence-corrected chi connectivity index (χ0v) is 9.58. The number of hydrogen-bond acceptors (Lipinski definition) is 3. The van der Waals surface area contributed by atoms with Gasteiger partial charge in [-0.2, -0.15) is 0 Å². The van der Waals surface area contributed by atoms with Gasteiger partial charge in [0.2, 0.25) is 0 Å². The van der Waals surface area contributed by atoms with E-state index in [4.69, 9.17) is 0 Å². The van der Waals surface area contributed by atoms with Gasteiger partial charge in [-0.05, 0) is 32.9 Å². The topological polar surface area (TPSA) is 37.8 Å². The van der Waals surface area contributed by atoms with Crippen LogP contribution in [-0.2, 0) is 6.54 Å². The molecule has 1 aliphatic rings. The fraction of sp³-hybridized carbons (Fsp3) is 0.667. The molecule has 2 rings (SSSR count). The smallest absolute Gasteiger partial charge is 0.142 e. The molecule has 1 N–H and O–H groups in total. The summed E-state index contributed by atoms with van der Waals surface area (Å²) in [4.78, 5) is 9.05. The summed E-state index contributed by atoms with van der Waals surface area (Å²) in [7, 11) is 1.93. The summed E-state index contributed by atoms with van der Waals surface area (Å²) in [6, 6.07) is 2.15. The molecule has 0 amide bonds. The molecule has 0 atom stereocenters. The predicted octanol–water partition coefficient (Wildman–Crippen LogP) is 2.16. The minimum absolute atomic E-state index is 0.683. The lowest BCUT2D eigenvalue weighted by Crippen LogP contribution is -2.12. The van der Waals surface area contributed by atoms with Crippen LogP contribution in [0.2, 0.25) is 0 Å². The van der Waals surface area contributed by atoms with E-state index in [2.05, 4.69) is 28.3 Å². The highest BCUT2D eigenvalue weighted by Gasteiger charge is 2.19. The Kier molecular flexibility index (Phi) is 3.31. The van der Waals surface area contributed by atoms with Crippen LogP contribution in [0.3, 0.4) is 0 Å². The van der Waals surface area contributed by atoms with E-state index >= 15 is 0 Å². The molecule has 0 spiro atoms. The Labute approximate surface area is 91.3 Å². The van der Waals surface area contributed by atoms with E-state index in [1.807, 2.05) is 7.05 Å². The summed E-state index contributed by atoms with van der Waals surface area (Å²) in [5.41, 5.74) is 2.35. The Morgan fingerprint density at radius 1 is 1.33 bits per heavy atom. The summed E-state index contributed by atoms with van der Waals surface area (Å²) >= 11 is 0. The van der Waals surface area contributed by atoms with Crippen LogP contribution in [0.1, 0.15) is 48.8 Å². The van der Waals surface area contributed by atoms with E-state index in [0.717, 1.165) is 18.1 Å². The first-order valence-corrected chi connectivity index (χ1v) is 5.78. The van der Waals surface area contributed by atoms with Crippen molar-refractivity contribution in [3.8, 4) is 0 Å². The molecule has 1 saturated carbocycles. The summed E-state index contributed by atoms with van der Waals surface area (Å²) in [6.07, 6.45) is 5.31. The van der Waals surface area contributed by atoms with Crippen LogP contribution in [-0.4, -0.2) is 17.0 Å². The minimum Gasteiger partial charge on any atom is -0.313 e. The largest absolute Gasteiger partial charge is 0.313 e. The Morgan fingerprint density at radius 3 is 2.73 bits per heavy atom. The van der Waals surface area contributed by atoms with E-state index in [-0.39, 0.29) is 0 Å². The summed E-state index contributed by atoms with van der Waals surface area (Å²) in [5, 5.41) is 3.10. The average molecular weight is 205 g/mol. The number of aromatic nitrogens is 2. The summed E-state index contributed by atoms with van der Waals surface area (Å²) in [6.45, 7) is 2.82. The Balaban J connectivity index is 2.22. The van der Waals surface area contributed by atoms with Gasteiger partial charge >= 0.3 is 0 Å². The fourth-order valence-electron chi connectivity index (χ4n) is 2.32. The van der Waals surface area contributed by atoms with Crippen molar-refractivity contribution >= 4 is 0 Å². The number of rotatable bonds is 3. The molecule has 1 aliphatic carbocycles. The van der Waals surface area contributed by atoms with Crippen LogP contribution in [0.25, 0.3) is 0 Å². The van der Waals surface area contributed by atoms with Gasteiger partial charge in [-0.3, -0.25) is 0 Å². The number of nitrogens with zero attached hydrogens (tertiary/aromatic N) is 2. The van der Waals surface area contributed by atoms with E-state index in [1.54, 1.807) is 0 Å². The van der Waals surface area contributed by atoms with Gasteiger partial charge in [0.25, 0.3) is 0 Å². The highest BCUT2D eigenvalue weighted by atomic mass is 15.0. The Hall–Kier alpha value is -0.960. The maximum atomic E-state index is 4.63. The molecular weight excluding hydrogens is 186 g/mol. The molecule has 3 nitrogen and oxygen atoms in total. The maximum Gasteiger partial charge on any atom is 0.142 e. The first kappa shape index (κ1) is 10.6. The second-order valence-corrected chi connectivity index (χ2v) is 4.36. The van der Waals surface area contributed by atoms with Gasteiger partial charge in [-0.25, -0.2) is 9.97 Å². The molecule has 15 heavy (non-hydrogen) atoms. The third-order valence-electron chi connectivity index (χ3n) is 3.03. The summed E-state index contributed by atoms with van der Waals surface area (Å²) < 4.78 is 0. The first-order valence-electron chi connectivity index (χ1n) is 5.78. The summed E-state index contributed by atoms with van der Waals surface area (Å²) in [5.74, 6) is 1.61. The van der Waals surface area contributed by atoms with E-state index < -0.39 is 0 Å². The lowest BCUT2D eigenvalue weighted by molar-refractivity contribution is 0.667. The van der Waals surface area contributed by atoms with Crippen LogP contribution < -0.4 is 5.32 Å². The molecule has 0 aliphatic heterocycles. The third-order valence-corrected chi connectivity index (χ3v) is 3.03. The molecule has 82 valence electrons. The van der Waals surface area contributed by atoms with Crippen molar-refractivity contribution < 1.29 is 0 Å². The first-order chi connectivity index (χ1) is 7.29. The van der Waals surface area contributed by atoms with Gasteiger partial charge in [-0.1, -0.05) is 12.8 Å². The van der Waals surface area contributed by atoms with Crippen molar-refractivity contribution in [1.82, 2.24) is 15.3 Å². The van der Waals surface area contributed by atoms with E-state index in [9.17, 15) is 0 Å². The van der Waals surface area contributed by atoms with Crippen molar-refractivity contribution in [3.63, 3.8) is 0 Å². The van der Waals surface area contributed by atoms with Crippen molar-refractivity contribution in [1.29, 1.82) is 0 Å². The number of hydrogen-bond donors (Lipinski definition) is 1. The molecule has 1 aromatic rings. The molecule has 0 saturated heterocycles. The standard InChI is InChI=1S/C12H19N3/c1-9-7-11(10-5-3-4-6-10)15-12(14-9)8-13-2/h7,10,13H,3-6,8H2,1-2H3. The normalized spacial score (nSPS) is 17.2. The van der Waals surface area contributed by atoms with Crippen molar-refractivity contribution in [2.24, 2.45) is 0 Å². The van der Waals surface area contributed by atoms with Crippen LogP contribution in [0.5, 0.6) is 0 Å². The molecule has 3 heteroatoms. The maximum absolute atomic E-state index is 4.63. The van der Waals surface area contributed by atoms with Gasteiger partial charge in [0.15, 0.2) is 0 Å². The highest BCUT2D eigenvalue weighted by Crippen LogP contribution is 2.33. The average Bonchev–Trinajstić information content (AvgIpc) is 2.70. The lowest BCUT2D eigenvalue weighted by atomic mass is 10.0. The van der Waals surface area contributed by atoms with Gasteiger partial charge in [0.05, 0.1) is 6.54 Å². The third kappa shape index (κ3) is 2.53. The second kappa shape index (κ2) is 4.71. The molecular formula is C12H19N3. The van der Waals surface area contributed by atoms with E-state index in [0.29, 0.717) is 5.92 Å². The van der Waals surface area contributed by atoms with E-state index in [1.165, 1.54) is 31.4 Å². The SMILES string of the molecule is CNCc1nc(C)cc(C2CCCC2)n1. The van der Waals surface area contributed by atoms with Gasteiger partial charge in [0.1, 0.15) is 5.82 Å². The van der Waals surface area contributed by atoms with Gasteiger partial charge < -0.3 is 5.32 Å². The molecule has 0 bridgehead atoms. The van der Waals surface area contributed by atoms with Crippen molar-refractivity contribution in [3.05, 3.63) is 23.3 Å². The highest BCUT2D eigenvalue weighted by molar-refractivity contribution is 5.15. The Bertz CT molecular complexity index is 330. The van der Waals surface area contributed by atoms with Crippen LogP contribution >= 0.6 is 0 Å². The van der Waals surface area contributed by atoms with Crippen molar-refractivity contribution in [2.75, 3.05) is 7.05 Å². The van der Waals surface area contributed by atoms with Crippen LogP contribution in [0.15, 0.2) is 6.07 Å². The van der Waals surface area contributed by atoms with Gasteiger partial charge in [-0.15, -0.1) is 0 Å². The predicted molar refractivity (Wildman–Crippen MR) is 60.7 cm³/mol. The molecule has 1 heterocycles. The Morgan fingerprint density at radius 2 is 2.07 bits per heavy atom. The number of nitrogens with one attached hydrogen (secondary N) is 1. The van der Waals surface area contributed by atoms with Crippen molar-refractivity contribution in [2.45, 2.75) is 45.1 Å².